The quantitative estimate of drug-likeness (QED) is 0.0345. The molecule has 0 heterocycles. The normalized spacial score (nSPS) is 13.0. The van der Waals surface area contributed by atoms with Gasteiger partial charge in [-0.3, -0.25) is 9.59 Å². The standard InChI is InChI=1S/C65H110O5/c1-4-7-10-13-16-19-22-25-28-31-33-35-37-40-43-46-49-52-55-58-64(66)69-62-63(61-68-60-57-54-51-48-45-42-39-36-32-29-26-23-20-17-14-11-8-5-2)70-65(67)59-56-53-50-47-44-41-38-34-30-27-24-21-18-15-12-9-6-3/h9,12,16-21,25-30,33,35,38,41,63H,4-8,10-11,13-15,22-24,31-32,34,36-37,39-40,42-62H2,1-3H3/b12-9-,19-16-,20-17-,21-18-,28-25-,29-26-,30-27-,35-33-,41-38-. The summed E-state index contributed by atoms with van der Waals surface area (Å²) in [6, 6.07) is 0. The highest BCUT2D eigenvalue weighted by Gasteiger charge is 2.17. The van der Waals surface area contributed by atoms with E-state index < -0.39 is 6.10 Å². The number of rotatable bonds is 53. The van der Waals surface area contributed by atoms with Crippen molar-refractivity contribution >= 4 is 11.9 Å². The Morgan fingerprint density at radius 2 is 0.643 bits per heavy atom. The molecule has 0 saturated heterocycles. The van der Waals surface area contributed by atoms with Crippen molar-refractivity contribution in [3.63, 3.8) is 0 Å². The highest BCUT2D eigenvalue weighted by molar-refractivity contribution is 5.70. The van der Waals surface area contributed by atoms with Gasteiger partial charge in [-0.15, -0.1) is 0 Å². The molecule has 0 saturated carbocycles. The Labute approximate surface area is 434 Å². The fourth-order valence-corrected chi connectivity index (χ4v) is 7.89. The average Bonchev–Trinajstić information content (AvgIpc) is 3.36. The molecule has 0 bridgehead atoms. The zero-order valence-electron chi connectivity index (χ0n) is 46.0. The molecule has 0 aromatic rings. The first-order chi connectivity index (χ1) is 34.6. The number of hydrogen-bond acceptors (Lipinski definition) is 5. The Kier molecular flexibility index (Phi) is 56.9. The van der Waals surface area contributed by atoms with E-state index in [4.69, 9.17) is 14.2 Å². The number of esters is 2. The fourth-order valence-electron chi connectivity index (χ4n) is 7.89. The molecule has 0 aliphatic heterocycles. The third-order valence-electron chi connectivity index (χ3n) is 12.3. The molecule has 0 aliphatic carbocycles. The van der Waals surface area contributed by atoms with Crippen molar-refractivity contribution in [1.82, 2.24) is 0 Å². The van der Waals surface area contributed by atoms with Gasteiger partial charge < -0.3 is 14.2 Å². The molecular formula is C65H110O5. The summed E-state index contributed by atoms with van der Waals surface area (Å²) in [4.78, 5) is 25.6. The molecule has 0 aromatic heterocycles. The molecule has 0 amide bonds. The van der Waals surface area contributed by atoms with Crippen LogP contribution in [0.3, 0.4) is 0 Å². The van der Waals surface area contributed by atoms with Crippen LogP contribution in [0.4, 0.5) is 0 Å². The molecule has 0 aromatic carbocycles. The van der Waals surface area contributed by atoms with Gasteiger partial charge in [-0.2, -0.15) is 0 Å². The number of ether oxygens (including phenoxy) is 3. The van der Waals surface area contributed by atoms with Gasteiger partial charge in [0.2, 0.25) is 0 Å². The van der Waals surface area contributed by atoms with Crippen molar-refractivity contribution in [3.8, 4) is 0 Å². The Hall–Kier alpha value is -3.44. The second-order valence-corrected chi connectivity index (χ2v) is 19.2. The first-order valence-corrected chi connectivity index (χ1v) is 29.4. The number of carbonyl (C=O) groups excluding carboxylic acids is 2. The van der Waals surface area contributed by atoms with Gasteiger partial charge in [-0.1, -0.05) is 233 Å². The maximum atomic E-state index is 12.9. The Morgan fingerprint density at radius 1 is 0.329 bits per heavy atom. The topological polar surface area (TPSA) is 61.8 Å². The Bertz CT molecular complexity index is 1380. The Balaban J connectivity index is 4.37. The summed E-state index contributed by atoms with van der Waals surface area (Å²) >= 11 is 0. The summed E-state index contributed by atoms with van der Waals surface area (Å²) < 4.78 is 17.5. The van der Waals surface area contributed by atoms with Crippen molar-refractivity contribution < 1.29 is 23.8 Å². The van der Waals surface area contributed by atoms with Gasteiger partial charge in [0, 0.05) is 19.4 Å². The van der Waals surface area contributed by atoms with Crippen LogP contribution in [0.5, 0.6) is 0 Å². The van der Waals surface area contributed by atoms with Crippen LogP contribution in [0.2, 0.25) is 0 Å². The molecule has 0 N–H and O–H groups in total. The zero-order chi connectivity index (χ0) is 50.6. The molecule has 400 valence electrons. The van der Waals surface area contributed by atoms with Crippen LogP contribution in [0.25, 0.3) is 0 Å². The summed E-state index contributed by atoms with van der Waals surface area (Å²) in [7, 11) is 0. The minimum Gasteiger partial charge on any atom is -0.462 e. The van der Waals surface area contributed by atoms with E-state index in [1.54, 1.807) is 0 Å². The Morgan fingerprint density at radius 3 is 1.03 bits per heavy atom. The summed E-state index contributed by atoms with van der Waals surface area (Å²) in [6.07, 6.45) is 82.5. The molecule has 0 radical (unpaired) electrons. The number of hydrogen-bond donors (Lipinski definition) is 0. The number of unbranched alkanes of at least 4 members (excludes halogenated alkanes) is 24. The molecule has 0 rings (SSSR count). The van der Waals surface area contributed by atoms with Crippen molar-refractivity contribution in [3.05, 3.63) is 109 Å². The minimum absolute atomic E-state index is 0.0604. The van der Waals surface area contributed by atoms with Crippen LogP contribution in [0, 0.1) is 0 Å². The number of allylic oxidation sites excluding steroid dienone is 18. The van der Waals surface area contributed by atoms with E-state index in [-0.39, 0.29) is 25.2 Å². The van der Waals surface area contributed by atoms with Crippen molar-refractivity contribution in [2.24, 2.45) is 0 Å². The second kappa shape index (κ2) is 59.9. The van der Waals surface area contributed by atoms with E-state index in [1.807, 2.05) is 0 Å². The highest BCUT2D eigenvalue weighted by atomic mass is 16.6. The van der Waals surface area contributed by atoms with Crippen LogP contribution in [-0.4, -0.2) is 37.9 Å². The molecule has 70 heavy (non-hydrogen) atoms. The predicted molar refractivity (Wildman–Crippen MR) is 306 cm³/mol. The van der Waals surface area contributed by atoms with Gasteiger partial charge in [0.15, 0.2) is 6.10 Å². The highest BCUT2D eigenvalue weighted by Crippen LogP contribution is 2.14. The van der Waals surface area contributed by atoms with Gasteiger partial charge in [-0.25, -0.2) is 0 Å². The lowest BCUT2D eigenvalue weighted by molar-refractivity contribution is -0.163. The molecule has 1 unspecified atom stereocenters. The van der Waals surface area contributed by atoms with Gasteiger partial charge in [0.05, 0.1) is 6.61 Å². The smallest absolute Gasteiger partial charge is 0.306 e. The van der Waals surface area contributed by atoms with Crippen molar-refractivity contribution in [2.45, 2.75) is 271 Å². The minimum atomic E-state index is -0.566. The molecule has 5 nitrogen and oxygen atoms in total. The summed E-state index contributed by atoms with van der Waals surface area (Å²) in [5.74, 6) is -0.442. The predicted octanol–water partition coefficient (Wildman–Crippen LogP) is 20.3. The van der Waals surface area contributed by atoms with Crippen LogP contribution in [0.1, 0.15) is 265 Å². The zero-order valence-corrected chi connectivity index (χ0v) is 46.0. The molecule has 5 heteroatoms. The van der Waals surface area contributed by atoms with Crippen LogP contribution in [0.15, 0.2) is 109 Å². The van der Waals surface area contributed by atoms with E-state index in [0.717, 1.165) is 116 Å². The lowest BCUT2D eigenvalue weighted by Gasteiger charge is -2.18. The van der Waals surface area contributed by atoms with Crippen LogP contribution in [-0.2, 0) is 23.8 Å². The summed E-state index contributed by atoms with van der Waals surface area (Å²) in [6.45, 7) is 7.62. The maximum absolute atomic E-state index is 12.9. The fraction of sp³-hybridized carbons (Fsp3) is 0.692. The molecule has 0 aliphatic rings. The molecular weight excluding hydrogens is 861 g/mol. The van der Waals surface area contributed by atoms with E-state index in [0.29, 0.717) is 19.4 Å². The monoisotopic (exact) mass is 971 g/mol. The third-order valence-corrected chi connectivity index (χ3v) is 12.3. The SMILES string of the molecule is CC/C=C\C/C=C\C/C=C\C/C=C\CCCCCCC(=O)OC(COCCCCCCCCCC/C=C\C/C=C\CCCCC)COC(=O)CCCCCCCC/C=C\C/C=C\C/C=C\CCCCC. The average molecular weight is 972 g/mol. The molecule has 0 fully saturated rings. The van der Waals surface area contributed by atoms with E-state index >= 15 is 0 Å². The first-order valence-electron chi connectivity index (χ1n) is 29.4. The van der Waals surface area contributed by atoms with Gasteiger partial charge in [0.1, 0.15) is 6.61 Å². The summed E-state index contributed by atoms with van der Waals surface area (Å²) in [5, 5.41) is 0. The largest absolute Gasteiger partial charge is 0.462 e. The molecule has 1 atom stereocenters. The van der Waals surface area contributed by atoms with Crippen LogP contribution < -0.4 is 0 Å². The second-order valence-electron chi connectivity index (χ2n) is 19.2. The lowest BCUT2D eigenvalue weighted by atomic mass is 10.1. The molecule has 0 spiro atoms. The van der Waals surface area contributed by atoms with Gasteiger partial charge >= 0.3 is 11.9 Å². The van der Waals surface area contributed by atoms with Gasteiger partial charge in [0.25, 0.3) is 0 Å². The van der Waals surface area contributed by atoms with E-state index in [2.05, 4.69) is 130 Å². The van der Waals surface area contributed by atoms with Crippen molar-refractivity contribution in [2.75, 3.05) is 19.8 Å². The lowest BCUT2D eigenvalue weighted by Crippen LogP contribution is -2.30. The third kappa shape index (κ3) is 57.1. The van der Waals surface area contributed by atoms with Gasteiger partial charge in [-0.05, 0) is 128 Å². The van der Waals surface area contributed by atoms with Crippen molar-refractivity contribution in [1.29, 1.82) is 0 Å². The van der Waals surface area contributed by atoms with E-state index in [9.17, 15) is 9.59 Å². The first kappa shape index (κ1) is 66.6. The summed E-state index contributed by atoms with van der Waals surface area (Å²) in [5.41, 5.74) is 0. The number of carbonyl (C=O) groups is 2. The maximum Gasteiger partial charge on any atom is 0.306 e. The van der Waals surface area contributed by atoms with Crippen LogP contribution >= 0.6 is 0 Å². The van der Waals surface area contributed by atoms with E-state index in [1.165, 1.54) is 116 Å².